The average molecular weight is 386 g/mol. The zero-order valence-electron chi connectivity index (χ0n) is 17.0. The molecular weight excluding hydrogens is 359 g/mol. The lowest BCUT2D eigenvalue weighted by Crippen LogP contribution is -2.30. The van der Waals surface area contributed by atoms with Crippen molar-refractivity contribution in [1.82, 2.24) is 14.7 Å². The second kappa shape index (κ2) is 9.88. The van der Waals surface area contributed by atoms with E-state index >= 15 is 0 Å². The number of ether oxygens (including phenoxy) is 1. The molecule has 1 aromatic carbocycles. The van der Waals surface area contributed by atoms with Gasteiger partial charge in [0, 0.05) is 25.2 Å². The molecule has 0 fully saturated rings. The SMILES string of the molecule is CCN(Cc1ccc(OC)c(F)c1)C(=O)CCc1c(C)nn(CCC#N)c1C. The first kappa shape index (κ1) is 21.4. The van der Waals surface area contributed by atoms with Crippen molar-refractivity contribution in [3.8, 4) is 11.8 Å². The number of nitrogens with zero attached hydrogens (tertiary/aromatic N) is 4. The second-order valence-electron chi connectivity index (χ2n) is 6.66. The number of aryl methyl sites for hydroxylation is 2. The molecule has 0 aliphatic rings. The lowest BCUT2D eigenvalue weighted by Gasteiger charge is -2.21. The van der Waals surface area contributed by atoms with Crippen molar-refractivity contribution >= 4 is 5.91 Å². The van der Waals surface area contributed by atoms with Gasteiger partial charge >= 0.3 is 0 Å². The molecule has 1 amide bonds. The van der Waals surface area contributed by atoms with Gasteiger partial charge in [0.2, 0.25) is 5.91 Å². The van der Waals surface area contributed by atoms with Crippen LogP contribution in [0.1, 0.15) is 42.3 Å². The fourth-order valence-corrected chi connectivity index (χ4v) is 3.26. The summed E-state index contributed by atoms with van der Waals surface area (Å²) in [5.74, 6) is -0.223. The summed E-state index contributed by atoms with van der Waals surface area (Å²) >= 11 is 0. The molecule has 0 saturated heterocycles. The minimum absolute atomic E-state index is 0.0160. The molecule has 0 bridgehead atoms. The summed E-state index contributed by atoms with van der Waals surface area (Å²) in [6, 6.07) is 6.87. The maximum Gasteiger partial charge on any atom is 0.223 e. The molecule has 2 rings (SSSR count). The number of aromatic nitrogens is 2. The third-order valence-electron chi connectivity index (χ3n) is 4.88. The summed E-state index contributed by atoms with van der Waals surface area (Å²) in [6.45, 7) is 7.26. The number of amides is 1. The number of benzene rings is 1. The van der Waals surface area contributed by atoms with Gasteiger partial charge in [-0.25, -0.2) is 4.39 Å². The highest BCUT2D eigenvalue weighted by molar-refractivity contribution is 5.76. The first-order chi connectivity index (χ1) is 13.4. The van der Waals surface area contributed by atoms with E-state index in [1.165, 1.54) is 13.2 Å². The van der Waals surface area contributed by atoms with Gasteiger partial charge in [-0.2, -0.15) is 10.4 Å². The van der Waals surface area contributed by atoms with Crippen molar-refractivity contribution in [3.05, 3.63) is 46.5 Å². The summed E-state index contributed by atoms with van der Waals surface area (Å²) in [5, 5.41) is 13.2. The Morgan fingerprint density at radius 1 is 1.39 bits per heavy atom. The van der Waals surface area contributed by atoms with E-state index in [0.717, 1.165) is 22.5 Å². The molecule has 0 atom stereocenters. The summed E-state index contributed by atoms with van der Waals surface area (Å²) in [5.41, 5.74) is 3.67. The highest BCUT2D eigenvalue weighted by Crippen LogP contribution is 2.20. The van der Waals surface area contributed by atoms with Crippen LogP contribution in [-0.4, -0.2) is 34.2 Å². The Hall–Kier alpha value is -2.88. The minimum atomic E-state index is -0.431. The fraction of sp³-hybridized carbons (Fsp3) is 0.476. The smallest absolute Gasteiger partial charge is 0.223 e. The van der Waals surface area contributed by atoms with E-state index in [1.54, 1.807) is 17.0 Å². The Morgan fingerprint density at radius 2 is 2.14 bits per heavy atom. The molecule has 6 nitrogen and oxygen atoms in total. The van der Waals surface area contributed by atoms with Gasteiger partial charge in [-0.15, -0.1) is 0 Å². The van der Waals surface area contributed by atoms with Gasteiger partial charge < -0.3 is 9.64 Å². The second-order valence-corrected chi connectivity index (χ2v) is 6.66. The molecule has 1 aromatic heterocycles. The molecule has 150 valence electrons. The molecule has 1 heterocycles. The van der Waals surface area contributed by atoms with Crippen molar-refractivity contribution in [2.24, 2.45) is 0 Å². The Balaban J connectivity index is 2.02. The molecule has 0 spiro atoms. The highest BCUT2D eigenvalue weighted by atomic mass is 19.1. The van der Waals surface area contributed by atoms with Crippen molar-refractivity contribution in [2.45, 2.75) is 53.1 Å². The van der Waals surface area contributed by atoms with E-state index in [9.17, 15) is 9.18 Å². The van der Waals surface area contributed by atoms with Crippen LogP contribution in [0.25, 0.3) is 0 Å². The summed E-state index contributed by atoms with van der Waals surface area (Å²) < 4.78 is 20.7. The third kappa shape index (κ3) is 5.10. The van der Waals surface area contributed by atoms with Crippen molar-refractivity contribution in [3.63, 3.8) is 0 Å². The standard InChI is InChI=1S/C21H27FN4O2/c1-5-25(14-17-7-9-20(28-4)19(22)13-17)21(27)10-8-18-15(2)24-26(16(18)3)12-6-11-23/h7,9,13H,5-6,8,10,12,14H2,1-4H3. The lowest BCUT2D eigenvalue weighted by atomic mass is 10.1. The van der Waals surface area contributed by atoms with Gasteiger partial charge in [0.05, 0.1) is 31.8 Å². The maximum absolute atomic E-state index is 13.9. The first-order valence-electron chi connectivity index (χ1n) is 9.41. The van der Waals surface area contributed by atoms with Gasteiger partial charge in [0.1, 0.15) is 0 Å². The van der Waals surface area contributed by atoms with Crippen molar-refractivity contribution in [2.75, 3.05) is 13.7 Å². The topological polar surface area (TPSA) is 71.2 Å². The molecule has 0 aliphatic heterocycles. The number of halogens is 1. The van der Waals surface area contributed by atoms with Gasteiger partial charge in [0.15, 0.2) is 11.6 Å². The number of carbonyl (C=O) groups excluding carboxylic acids is 1. The Morgan fingerprint density at radius 3 is 2.75 bits per heavy atom. The van der Waals surface area contributed by atoms with Gasteiger partial charge in [0.25, 0.3) is 0 Å². The fourth-order valence-electron chi connectivity index (χ4n) is 3.26. The molecule has 7 heteroatoms. The largest absolute Gasteiger partial charge is 0.494 e. The van der Waals surface area contributed by atoms with Gasteiger partial charge in [-0.3, -0.25) is 9.48 Å². The number of methoxy groups -OCH3 is 1. The van der Waals surface area contributed by atoms with Crippen LogP contribution in [-0.2, 0) is 24.3 Å². The van der Waals surface area contributed by atoms with Crippen LogP contribution >= 0.6 is 0 Å². The predicted octanol–water partition coefficient (Wildman–Crippen LogP) is 3.54. The maximum atomic E-state index is 13.9. The summed E-state index contributed by atoms with van der Waals surface area (Å²) in [6.07, 6.45) is 1.36. The highest BCUT2D eigenvalue weighted by Gasteiger charge is 2.17. The quantitative estimate of drug-likeness (QED) is 0.661. The van der Waals surface area contributed by atoms with Crippen molar-refractivity contribution in [1.29, 1.82) is 5.26 Å². The molecule has 2 aromatic rings. The molecule has 0 unspecified atom stereocenters. The number of nitriles is 1. The number of carbonyl (C=O) groups is 1. The van der Waals surface area contributed by atoms with E-state index in [0.29, 0.717) is 38.9 Å². The van der Waals surface area contributed by atoms with Crippen LogP contribution in [0.4, 0.5) is 4.39 Å². The molecular formula is C21H27FN4O2. The van der Waals surface area contributed by atoms with Crippen LogP contribution in [0.5, 0.6) is 5.75 Å². The number of hydrogen-bond donors (Lipinski definition) is 0. The normalized spacial score (nSPS) is 10.6. The molecule has 0 saturated carbocycles. The van der Waals surface area contributed by atoms with Crippen LogP contribution in [0.3, 0.4) is 0 Å². The minimum Gasteiger partial charge on any atom is -0.494 e. The van der Waals surface area contributed by atoms with E-state index in [2.05, 4.69) is 11.2 Å². The van der Waals surface area contributed by atoms with E-state index < -0.39 is 5.82 Å². The summed E-state index contributed by atoms with van der Waals surface area (Å²) in [7, 11) is 1.42. The molecule has 0 aliphatic carbocycles. The van der Waals surface area contributed by atoms with E-state index in [1.807, 2.05) is 25.5 Å². The summed E-state index contributed by atoms with van der Waals surface area (Å²) in [4.78, 5) is 14.4. The number of rotatable bonds is 9. The zero-order valence-corrected chi connectivity index (χ0v) is 17.0. The van der Waals surface area contributed by atoms with Crippen LogP contribution in [0.2, 0.25) is 0 Å². The monoisotopic (exact) mass is 386 g/mol. The Kier molecular flexibility index (Phi) is 7.56. The van der Waals surface area contributed by atoms with Gasteiger partial charge in [-0.1, -0.05) is 6.07 Å². The Labute approximate surface area is 165 Å². The van der Waals surface area contributed by atoms with Gasteiger partial charge in [-0.05, 0) is 50.5 Å². The third-order valence-corrected chi connectivity index (χ3v) is 4.88. The number of hydrogen-bond acceptors (Lipinski definition) is 4. The lowest BCUT2D eigenvalue weighted by molar-refractivity contribution is -0.131. The van der Waals surface area contributed by atoms with E-state index in [-0.39, 0.29) is 11.7 Å². The predicted molar refractivity (Wildman–Crippen MR) is 104 cm³/mol. The van der Waals surface area contributed by atoms with Crippen LogP contribution in [0.15, 0.2) is 18.2 Å². The van der Waals surface area contributed by atoms with Crippen LogP contribution < -0.4 is 4.74 Å². The first-order valence-corrected chi connectivity index (χ1v) is 9.41. The molecule has 0 radical (unpaired) electrons. The average Bonchev–Trinajstić information content (AvgIpc) is 2.95. The van der Waals surface area contributed by atoms with Crippen LogP contribution in [0, 0.1) is 31.0 Å². The molecule has 0 N–H and O–H groups in total. The molecule has 28 heavy (non-hydrogen) atoms. The zero-order chi connectivity index (χ0) is 20.7. The van der Waals surface area contributed by atoms with Crippen molar-refractivity contribution < 1.29 is 13.9 Å². The Bertz CT molecular complexity index is 870. The van der Waals surface area contributed by atoms with E-state index in [4.69, 9.17) is 10.00 Å².